The van der Waals surface area contributed by atoms with E-state index in [1.54, 1.807) is 6.33 Å². The first-order valence-electron chi connectivity index (χ1n) is 10.3. The van der Waals surface area contributed by atoms with E-state index < -0.39 is 0 Å². The van der Waals surface area contributed by atoms with Crippen LogP contribution in [-0.2, 0) is 23.1 Å². The number of halogens is 2. The van der Waals surface area contributed by atoms with Gasteiger partial charge in [0.1, 0.15) is 12.1 Å². The molecule has 0 saturated carbocycles. The number of nitrogens with two attached hydrogens (primary N) is 1. The Morgan fingerprint density at radius 2 is 2.03 bits per heavy atom. The molecule has 2 aromatic rings. The van der Waals surface area contributed by atoms with Crippen LogP contribution in [0, 0.1) is 0 Å². The van der Waals surface area contributed by atoms with E-state index in [0.29, 0.717) is 12.3 Å². The van der Waals surface area contributed by atoms with Crippen LogP contribution in [0.3, 0.4) is 0 Å². The molecule has 1 aromatic carbocycles. The lowest BCUT2D eigenvalue weighted by Gasteiger charge is -2.35. The lowest BCUT2D eigenvalue weighted by molar-refractivity contribution is -0.117. The molecular weight excluding hydrogens is 421 g/mol. The second kappa shape index (κ2) is 8.69. The predicted octanol–water partition coefficient (Wildman–Crippen LogP) is 3.17. The topological polar surface area (TPSA) is 84.1 Å². The van der Waals surface area contributed by atoms with Gasteiger partial charge in [-0.15, -0.1) is 24.8 Å². The van der Waals surface area contributed by atoms with Gasteiger partial charge in [0.2, 0.25) is 5.91 Å². The van der Waals surface area contributed by atoms with Crippen molar-refractivity contribution in [3.8, 4) is 0 Å². The van der Waals surface area contributed by atoms with Crippen LogP contribution in [-0.4, -0.2) is 35.5 Å². The van der Waals surface area contributed by atoms with Crippen molar-refractivity contribution in [1.29, 1.82) is 0 Å². The third-order valence-electron chi connectivity index (χ3n) is 6.83. The minimum atomic E-state index is -0.281. The molecule has 30 heavy (non-hydrogen) atoms. The molecule has 0 unspecified atom stereocenters. The van der Waals surface area contributed by atoms with Crippen LogP contribution in [0.25, 0.3) is 0 Å². The van der Waals surface area contributed by atoms with Gasteiger partial charge in [0, 0.05) is 28.9 Å². The molecule has 3 heterocycles. The zero-order valence-electron chi connectivity index (χ0n) is 17.2. The van der Waals surface area contributed by atoms with Gasteiger partial charge in [0.05, 0.1) is 6.42 Å². The number of hydrogen-bond acceptors (Lipinski definition) is 5. The molecule has 1 amide bonds. The maximum Gasteiger partial charge on any atom is 0.221 e. The number of aryl methyl sites for hydroxylation is 1. The molecule has 6 nitrogen and oxygen atoms in total. The van der Waals surface area contributed by atoms with Gasteiger partial charge >= 0.3 is 0 Å². The van der Waals surface area contributed by atoms with E-state index in [-0.39, 0.29) is 36.1 Å². The highest BCUT2D eigenvalue weighted by molar-refractivity contribution is 5.85. The van der Waals surface area contributed by atoms with E-state index in [4.69, 9.17) is 10.7 Å². The van der Waals surface area contributed by atoms with Crippen molar-refractivity contribution in [3.63, 3.8) is 0 Å². The number of benzene rings is 1. The number of hydrogen-bond donors (Lipinski definition) is 2. The zero-order chi connectivity index (χ0) is 19.3. The summed E-state index contributed by atoms with van der Waals surface area (Å²) in [6.45, 7) is 5.27. The molecule has 1 saturated heterocycles. The third-order valence-corrected chi connectivity index (χ3v) is 6.83. The van der Waals surface area contributed by atoms with Gasteiger partial charge in [-0.2, -0.15) is 0 Å². The molecule has 1 fully saturated rings. The molecule has 3 N–H and O–H groups in total. The van der Waals surface area contributed by atoms with E-state index >= 15 is 0 Å². The molecule has 2 aliphatic heterocycles. The number of piperidine rings is 1. The van der Waals surface area contributed by atoms with Crippen LogP contribution in [0.5, 0.6) is 0 Å². The number of rotatable bonds is 3. The van der Waals surface area contributed by atoms with E-state index in [1.165, 1.54) is 22.5 Å². The Morgan fingerprint density at radius 3 is 2.77 bits per heavy atom. The number of carbonyl (C=O) groups is 1. The zero-order valence-corrected chi connectivity index (χ0v) is 18.8. The lowest BCUT2D eigenvalue weighted by atomic mass is 9.74. The smallest absolute Gasteiger partial charge is 0.221 e. The summed E-state index contributed by atoms with van der Waals surface area (Å²) >= 11 is 0. The molecular formula is C22H29Cl2N5O. The minimum Gasteiger partial charge on any atom is -0.369 e. The fourth-order valence-electron chi connectivity index (χ4n) is 5.39. The Bertz CT molecular complexity index is 945. The highest BCUT2D eigenvalue weighted by Gasteiger charge is 2.45. The Morgan fingerprint density at radius 1 is 1.27 bits per heavy atom. The number of amides is 1. The Hall–Kier alpha value is -1.89. The summed E-state index contributed by atoms with van der Waals surface area (Å²) in [6.07, 6.45) is 6.40. The lowest BCUT2D eigenvalue weighted by Crippen LogP contribution is -2.42. The molecule has 162 valence electrons. The quantitative estimate of drug-likeness (QED) is 0.751. The van der Waals surface area contributed by atoms with Gasteiger partial charge in [-0.25, -0.2) is 9.97 Å². The van der Waals surface area contributed by atoms with E-state index in [1.807, 2.05) is 6.07 Å². The molecule has 1 aromatic heterocycles. The van der Waals surface area contributed by atoms with Crippen LogP contribution >= 0.6 is 24.8 Å². The fraction of sp³-hybridized carbons (Fsp3) is 0.500. The van der Waals surface area contributed by atoms with Gasteiger partial charge in [-0.05, 0) is 61.9 Å². The average molecular weight is 450 g/mol. The number of nitrogens with zero attached hydrogens (tertiary/aromatic N) is 3. The molecule has 8 heteroatoms. The summed E-state index contributed by atoms with van der Waals surface area (Å²) in [5.74, 6) is 1.29. The maximum atomic E-state index is 11.5. The number of carbonyl (C=O) groups excluding carboxylic acids is 1. The average Bonchev–Trinajstić information content (AvgIpc) is 3.21. The third kappa shape index (κ3) is 3.66. The summed E-state index contributed by atoms with van der Waals surface area (Å²) in [4.78, 5) is 23.2. The van der Waals surface area contributed by atoms with Crippen molar-refractivity contribution in [2.24, 2.45) is 5.73 Å². The predicted molar refractivity (Wildman–Crippen MR) is 123 cm³/mol. The van der Waals surface area contributed by atoms with Crippen molar-refractivity contribution in [1.82, 2.24) is 15.3 Å². The summed E-state index contributed by atoms with van der Waals surface area (Å²) < 4.78 is 0. The van der Waals surface area contributed by atoms with Crippen molar-refractivity contribution < 1.29 is 4.79 Å². The first-order chi connectivity index (χ1) is 13.6. The second-order valence-corrected chi connectivity index (χ2v) is 8.61. The van der Waals surface area contributed by atoms with Crippen molar-refractivity contribution in [3.05, 3.63) is 46.9 Å². The second-order valence-electron chi connectivity index (χ2n) is 8.61. The number of primary amides is 1. The highest BCUT2D eigenvalue weighted by Crippen LogP contribution is 2.51. The summed E-state index contributed by atoms with van der Waals surface area (Å²) in [5.41, 5.74) is 11.7. The largest absolute Gasteiger partial charge is 0.369 e. The number of anilines is 2. The number of nitrogens with one attached hydrogen (secondary N) is 1. The van der Waals surface area contributed by atoms with Gasteiger partial charge in [-0.1, -0.05) is 19.1 Å². The molecule has 1 spiro atoms. The minimum absolute atomic E-state index is 0. The summed E-state index contributed by atoms with van der Waals surface area (Å²) in [6, 6.07) is 6.43. The van der Waals surface area contributed by atoms with Crippen molar-refractivity contribution >= 4 is 42.2 Å². The standard InChI is InChI=1S/C22H27N5O.2ClH/c1-14-2-4-17-20(14)21(26-13-25-17)27-12-22(6-8-24-9-7-22)16-10-15(11-19(23)28)3-5-18(16)27;;/h3,5,10,13-14,24H,2,4,6-9,11-12H2,1H3,(H2,23,28);2*1H/t14-;;/m1../s1. The highest BCUT2D eigenvalue weighted by atomic mass is 35.5. The monoisotopic (exact) mass is 449 g/mol. The number of fused-ring (bicyclic) bond motifs is 3. The van der Waals surface area contributed by atoms with Crippen LogP contribution < -0.4 is 16.0 Å². The van der Waals surface area contributed by atoms with Crippen molar-refractivity contribution in [2.45, 2.75) is 50.4 Å². The summed E-state index contributed by atoms with van der Waals surface area (Å²) in [5, 5.41) is 3.50. The number of aromatic nitrogens is 2. The van der Waals surface area contributed by atoms with Gasteiger partial charge < -0.3 is 16.0 Å². The molecule has 0 bridgehead atoms. The molecule has 3 aliphatic rings. The Balaban J connectivity index is 0.00000128. The first kappa shape index (κ1) is 22.8. The van der Waals surface area contributed by atoms with Crippen LogP contribution in [0.2, 0.25) is 0 Å². The molecule has 0 radical (unpaired) electrons. The Kier molecular flexibility index (Phi) is 6.60. The first-order valence-corrected chi connectivity index (χ1v) is 10.3. The maximum absolute atomic E-state index is 11.5. The van der Waals surface area contributed by atoms with Gasteiger partial charge in [-0.3, -0.25) is 4.79 Å². The molecule has 5 rings (SSSR count). The SMILES string of the molecule is C[C@@H]1CCc2ncnc(N3CC4(CCNCC4)c4cc(CC(N)=O)ccc43)c21.Cl.Cl. The van der Waals surface area contributed by atoms with Crippen LogP contribution in [0.15, 0.2) is 24.5 Å². The Labute approximate surface area is 189 Å². The van der Waals surface area contributed by atoms with Crippen LogP contribution in [0.1, 0.15) is 54.5 Å². The van der Waals surface area contributed by atoms with E-state index in [2.05, 4.69) is 34.3 Å². The molecule has 1 aliphatic carbocycles. The van der Waals surface area contributed by atoms with E-state index in [9.17, 15) is 4.79 Å². The summed E-state index contributed by atoms with van der Waals surface area (Å²) in [7, 11) is 0. The fourth-order valence-corrected chi connectivity index (χ4v) is 5.39. The van der Waals surface area contributed by atoms with Gasteiger partial charge in [0.25, 0.3) is 0 Å². The normalized spacial score (nSPS) is 20.8. The molecule has 1 atom stereocenters. The van der Waals surface area contributed by atoms with Crippen molar-refractivity contribution in [2.75, 3.05) is 24.5 Å². The van der Waals surface area contributed by atoms with Crippen LogP contribution in [0.4, 0.5) is 11.5 Å². The van der Waals surface area contributed by atoms with Gasteiger partial charge in [0.15, 0.2) is 0 Å². The van der Waals surface area contributed by atoms with E-state index in [0.717, 1.165) is 56.7 Å².